The van der Waals surface area contributed by atoms with Crippen LogP contribution in [0.1, 0.15) is 5.56 Å². The Labute approximate surface area is 154 Å². The van der Waals surface area contributed by atoms with Gasteiger partial charge in [-0.2, -0.15) is 11.8 Å². The molecular weight excluding hydrogens is 359 g/mol. The van der Waals surface area contributed by atoms with E-state index in [0.717, 1.165) is 41.0 Å². The van der Waals surface area contributed by atoms with Crippen LogP contribution in [0.3, 0.4) is 0 Å². The standard InChI is InChI=1S/C17H19FN4OS2/c1-12-2-3-13(18)10-14(12)21-15(23)11-25-17-16(19-4-5-20-17)22-6-8-24-9-7-22/h2-5,10H,6-9,11H2,1H3,(H,21,23). The molecule has 1 N–H and O–H groups in total. The summed E-state index contributed by atoms with van der Waals surface area (Å²) in [6.07, 6.45) is 3.32. The van der Waals surface area contributed by atoms with Gasteiger partial charge < -0.3 is 10.2 Å². The van der Waals surface area contributed by atoms with Crippen molar-refractivity contribution in [2.75, 3.05) is 40.6 Å². The fourth-order valence-electron chi connectivity index (χ4n) is 2.46. The highest BCUT2D eigenvalue weighted by atomic mass is 32.2. The van der Waals surface area contributed by atoms with Crippen LogP contribution in [0, 0.1) is 12.7 Å². The first kappa shape index (κ1) is 18.0. The fraction of sp³-hybridized carbons (Fsp3) is 0.353. The van der Waals surface area contributed by atoms with E-state index in [1.165, 1.54) is 23.9 Å². The number of benzene rings is 1. The number of hydrogen-bond donors (Lipinski definition) is 1. The Balaban J connectivity index is 1.63. The number of halogens is 1. The molecule has 0 spiro atoms. The van der Waals surface area contributed by atoms with Crippen LogP contribution >= 0.6 is 23.5 Å². The van der Waals surface area contributed by atoms with Crippen molar-refractivity contribution in [1.82, 2.24) is 9.97 Å². The Bertz CT molecular complexity index is 753. The molecule has 25 heavy (non-hydrogen) atoms. The van der Waals surface area contributed by atoms with Crippen molar-refractivity contribution in [3.05, 3.63) is 42.0 Å². The number of carbonyl (C=O) groups is 1. The minimum Gasteiger partial charge on any atom is -0.353 e. The number of nitrogens with zero attached hydrogens (tertiary/aromatic N) is 3. The van der Waals surface area contributed by atoms with Gasteiger partial charge in [-0.05, 0) is 24.6 Å². The molecule has 1 aromatic heterocycles. The smallest absolute Gasteiger partial charge is 0.234 e. The molecule has 8 heteroatoms. The van der Waals surface area contributed by atoms with E-state index in [4.69, 9.17) is 0 Å². The molecule has 5 nitrogen and oxygen atoms in total. The highest BCUT2D eigenvalue weighted by molar-refractivity contribution is 8.00. The molecule has 132 valence electrons. The van der Waals surface area contributed by atoms with Gasteiger partial charge in [0.05, 0.1) is 5.75 Å². The first-order chi connectivity index (χ1) is 12.1. The van der Waals surface area contributed by atoms with Crippen LogP contribution in [0.2, 0.25) is 0 Å². The molecule has 1 aliphatic heterocycles. The average molecular weight is 378 g/mol. The number of aryl methyl sites for hydroxylation is 1. The summed E-state index contributed by atoms with van der Waals surface area (Å²) in [6, 6.07) is 4.35. The zero-order valence-corrected chi connectivity index (χ0v) is 15.5. The number of amides is 1. The van der Waals surface area contributed by atoms with Crippen molar-refractivity contribution in [2.24, 2.45) is 0 Å². The molecule has 0 aliphatic carbocycles. The Kier molecular flexibility index (Phi) is 6.14. The predicted octanol–water partition coefficient (Wildman–Crippen LogP) is 3.21. The van der Waals surface area contributed by atoms with E-state index in [9.17, 15) is 9.18 Å². The summed E-state index contributed by atoms with van der Waals surface area (Å²) in [5, 5.41) is 3.51. The molecule has 2 heterocycles. The third-order valence-electron chi connectivity index (χ3n) is 3.77. The van der Waals surface area contributed by atoms with Gasteiger partial charge >= 0.3 is 0 Å². The van der Waals surface area contributed by atoms with Crippen LogP contribution in [0.15, 0.2) is 35.6 Å². The summed E-state index contributed by atoms with van der Waals surface area (Å²) in [7, 11) is 0. The number of hydrogen-bond acceptors (Lipinski definition) is 6. The van der Waals surface area contributed by atoms with Crippen molar-refractivity contribution >= 4 is 40.9 Å². The molecule has 3 rings (SSSR count). The van der Waals surface area contributed by atoms with Crippen LogP contribution in [0.5, 0.6) is 0 Å². The monoisotopic (exact) mass is 378 g/mol. The predicted molar refractivity (Wildman–Crippen MR) is 102 cm³/mol. The zero-order valence-electron chi connectivity index (χ0n) is 13.9. The normalized spacial score (nSPS) is 14.4. The van der Waals surface area contributed by atoms with Crippen molar-refractivity contribution in [1.29, 1.82) is 0 Å². The summed E-state index contributed by atoms with van der Waals surface area (Å²) in [6.45, 7) is 3.70. The van der Waals surface area contributed by atoms with Crippen molar-refractivity contribution in [3.63, 3.8) is 0 Å². The first-order valence-electron chi connectivity index (χ1n) is 7.96. The second-order valence-electron chi connectivity index (χ2n) is 5.58. The van der Waals surface area contributed by atoms with Crippen molar-refractivity contribution < 1.29 is 9.18 Å². The molecule has 1 aliphatic rings. The SMILES string of the molecule is Cc1ccc(F)cc1NC(=O)CSc1nccnc1N1CCSCC1. The zero-order chi connectivity index (χ0) is 17.6. The topological polar surface area (TPSA) is 58.1 Å². The number of aromatic nitrogens is 2. The third kappa shape index (κ3) is 4.85. The highest BCUT2D eigenvalue weighted by Crippen LogP contribution is 2.27. The van der Waals surface area contributed by atoms with E-state index in [-0.39, 0.29) is 17.5 Å². The minimum atomic E-state index is -0.368. The van der Waals surface area contributed by atoms with Gasteiger partial charge in [-0.15, -0.1) is 0 Å². The maximum Gasteiger partial charge on any atom is 0.234 e. The van der Waals surface area contributed by atoms with Gasteiger partial charge in [0.1, 0.15) is 10.8 Å². The fourth-order valence-corrected chi connectivity index (χ4v) is 4.15. The van der Waals surface area contributed by atoms with Crippen LogP contribution in [0.25, 0.3) is 0 Å². The Hall–Kier alpha value is -1.80. The van der Waals surface area contributed by atoms with E-state index in [2.05, 4.69) is 20.2 Å². The van der Waals surface area contributed by atoms with E-state index in [0.29, 0.717) is 5.69 Å². The van der Waals surface area contributed by atoms with E-state index >= 15 is 0 Å². The van der Waals surface area contributed by atoms with E-state index < -0.39 is 0 Å². The van der Waals surface area contributed by atoms with Gasteiger partial charge in [0.2, 0.25) is 5.91 Å². The minimum absolute atomic E-state index is 0.190. The Morgan fingerprint density at radius 2 is 2.08 bits per heavy atom. The summed E-state index contributed by atoms with van der Waals surface area (Å²) < 4.78 is 13.3. The Morgan fingerprint density at radius 1 is 1.32 bits per heavy atom. The maximum absolute atomic E-state index is 13.3. The van der Waals surface area contributed by atoms with Gasteiger partial charge in [-0.1, -0.05) is 17.8 Å². The molecule has 0 bridgehead atoms. The van der Waals surface area contributed by atoms with Crippen LogP contribution in [-0.4, -0.2) is 46.2 Å². The highest BCUT2D eigenvalue weighted by Gasteiger charge is 2.18. The lowest BCUT2D eigenvalue weighted by molar-refractivity contribution is -0.113. The molecule has 0 radical (unpaired) electrons. The van der Waals surface area contributed by atoms with Crippen LogP contribution in [0.4, 0.5) is 15.9 Å². The second-order valence-corrected chi connectivity index (χ2v) is 7.77. The molecule has 2 aromatic rings. The average Bonchev–Trinajstić information content (AvgIpc) is 2.64. The third-order valence-corrected chi connectivity index (χ3v) is 5.68. The quantitative estimate of drug-likeness (QED) is 0.807. The molecule has 1 fully saturated rings. The summed E-state index contributed by atoms with van der Waals surface area (Å²) >= 11 is 3.28. The lowest BCUT2D eigenvalue weighted by Gasteiger charge is -2.28. The summed E-state index contributed by atoms with van der Waals surface area (Å²) in [4.78, 5) is 23.2. The molecule has 1 aromatic carbocycles. The molecule has 1 saturated heterocycles. The van der Waals surface area contributed by atoms with Crippen LogP contribution in [-0.2, 0) is 4.79 Å². The number of anilines is 2. The first-order valence-corrected chi connectivity index (χ1v) is 10.1. The Morgan fingerprint density at radius 3 is 2.88 bits per heavy atom. The number of carbonyl (C=O) groups excluding carboxylic acids is 1. The van der Waals surface area contributed by atoms with E-state index in [1.54, 1.807) is 18.5 Å². The second kappa shape index (κ2) is 8.53. The lowest BCUT2D eigenvalue weighted by Crippen LogP contribution is -2.33. The molecule has 1 amide bonds. The molecule has 0 unspecified atom stereocenters. The summed E-state index contributed by atoms with van der Waals surface area (Å²) in [5.74, 6) is 2.62. The van der Waals surface area contributed by atoms with Gasteiger partial charge in [0.15, 0.2) is 5.82 Å². The van der Waals surface area contributed by atoms with Crippen LogP contribution < -0.4 is 10.2 Å². The largest absolute Gasteiger partial charge is 0.353 e. The van der Waals surface area contributed by atoms with Gasteiger partial charge in [-0.25, -0.2) is 14.4 Å². The lowest BCUT2D eigenvalue weighted by atomic mass is 10.2. The van der Waals surface area contributed by atoms with E-state index in [1.807, 2.05) is 18.7 Å². The van der Waals surface area contributed by atoms with Crippen molar-refractivity contribution in [3.8, 4) is 0 Å². The number of nitrogens with one attached hydrogen (secondary N) is 1. The number of rotatable bonds is 5. The van der Waals surface area contributed by atoms with Crippen molar-refractivity contribution in [2.45, 2.75) is 11.9 Å². The molecular formula is C17H19FN4OS2. The van der Waals surface area contributed by atoms with Gasteiger partial charge in [-0.3, -0.25) is 4.79 Å². The van der Waals surface area contributed by atoms with Gasteiger partial charge in [0, 0.05) is 42.7 Å². The summed E-state index contributed by atoms with van der Waals surface area (Å²) in [5.41, 5.74) is 1.32. The van der Waals surface area contributed by atoms with Gasteiger partial charge in [0.25, 0.3) is 0 Å². The number of thioether (sulfide) groups is 2. The maximum atomic E-state index is 13.3. The molecule has 0 saturated carbocycles. The molecule has 0 atom stereocenters.